The van der Waals surface area contributed by atoms with Gasteiger partial charge < -0.3 is 4.84 Å². The molecule has 0 aliphatic heterocycles. The maximum atomic E-state index is 5.38. The molecular weight excluding hydrogens is 186 g/mol. The van der Waals surface area contributed by atoms with Crippen LogP contribution in [-0.2, 0) is 0 Å². The van der Waals surface area contributed by atoms with Crippen LogP contribution < -0.4 is 10.3 Å². The zero-order valence-corrected chi connectivity index (χ0v) is 8.60. The lowest BCUT2D eigenvalue weighted by atomic mass is 10.2. The van der Waals surface area contributed by atoms with Gasteiger partial charge in [-0.05, 0) is 31.2 Å². The smallest absolute Gasteiger partial charge is 0.155 e. The van der Waals surface area contributed by atoms with Crippen LogP contribution in [0.25, 0.3) is 0 Å². The number of anilines is 1. The standard InChI is InChI=1S/C13H13NO/c1-11-7-9-12(10-8-11)14-15-13-5-3-2-4-6-13/h2-10,14H,1H3. The molecule has 76 valence electrons. The molecule has 0 fully saturated rings. The Balaban J connectivity index is 1.96. The van der Waals surface area contributed by atoms with E-state index in [9.17, 15) is 0 Å². The number of aryl methyl sites for hydroxylation is 1. The molecule has 0 saturated carbocycles. The molecule has 0 aliphatic rings. The number of benzene rings is 2. The van der Waals surface area contributed by atoms with Crippen molar-refractivity contribution in [1.82, 2.24) is 0 Å². The van der Waals surface area contributed by atoms with Crippen LogP contribution in [0.1, 0.15) is 5.56 Å². The molecule has 0 aromatic heterocycles. The fourth-order valence-corrected chi connectivity index (χ4v) is 1.23. The molecule has 0 saturated heterocycles. The molecule has 0 unspecified atom stereocenters. The maximum absolute atomic E-state index is 5.38. The van der Waals surface area contributed by atoms with Crippen LogP contribution >= 0.6 is 0 Å². The van der Waals surface area contributed by atoms with Crippen LogP contribution in [-0.4, -0.2) is 0 Å². The first-order chi connectivity index (χ1) is 7.34. The zero-order chi connectivity index (χ0) is 10.5. The van der Waals surface area contributed by atoms with E-state index < -0.39 is 0 Å². The minimum absolute atomic E-state index is 0.804. The summed E-state index contributed by atoms with van der Waals surface area (Å²) in [6, 6.07) is 17.7. The van der Waals surface area contributed by atoms with E-state index in [1.807, 2.05) is 54.6 Å². The summed E-state index contributed by atoms with van der Waals surface area (Å²) in [6.07, 6.45) is 0. The van der Waals surface area contributed by atoms with Gasteiger partial charge in [0.15, 0.2) is 5.75 Å². The van der Waals surface area contributed by atoms with Gasteiger partial charge in [-0.2, -0.15) is 0 Å². The summed E-state index contributed by atoms with van der Waals surface area (Å²) in [5.74, 6) is 0.804. The molecular formula is C13H13NO. The summed E-state index contributed by atoms with van der Waals surface area (Å²) >= 11 is 0. The Kier molecular flexibility index (Phi) is 2.88. The number of nitrogens with one attached hydrogen (secondary N) is 1. The van der Waals surface area contributed by atoms with Crippen LogP contribution in [0.4, 0.5) is 5.69 Å². The molecule has 0 bridgehead atoms. The Labute approximate surface area is 89.5 Å². The molecule has 0 radical (unpaired) electrons. The van der Waals surface area contributed by atoms with Gasteiger partial charge in [0.25, 0.3) is 0 Å². The van der Waals surface area contributed by atoms with Gasteiger partial charge in [-0.1, -0.05) is 35.9 Å². The SMILES string of the molecule is Cc1ccc(NOc2ccccc2)cc1. The Hall–Kier alpha value is -1.96. The molecule has 2 aromatic carbocycles. The fourth-order valence-electron chi connectivity index (χ4n) is 1.23. The first-order valence-corrected chi connectivity index (χ1v) is 4.89. The second kappa shape index (κ2) is 4.51. The van der Waals surface area contributed by atoms with E-state index in [1.165, 1.54) is 5.56 Å². The van der Waals surface area contributed by atoms with Crippen LogP contribution in [0.5, 0.6) is 5.75 Å². The molecule has 2 nitrogen and oxygen atoms in total. The second-order valence-corrected chi connectivity index (χ2v) is 3.38. The van der Waals surface area contributed by atoms with Crippen molar-refractivity contribution in [2.75, 3.05) is 5.48 Å². The van der Waals surface area contributed by atoms with Crippen molar-refractivity contribution in [2.45, 2.75) is 6.92 Å². The Morgan fingerprint density at radius 1 is 0.867 bits per heavy atom. The van der Waals surface area contributed by atoms with Crippen molar-refractivity contribution in [1.29, 1.82) is 0 Å². The Morgan fingerprint density at radius 3 is 2.20 bits per heavy atom. The van der Waals surface area contributed by atoms with E-state index in [-0.39, 0.29) is 0 Å². The number of hydrogen-bond donors (Lipinski definition) is 1. The van der Waals surface area contributed by atoms with Crippen molar-refractivity contribution in [3.05, 3.63) is 60.2 Å². The van der Waals surface area contributed by atoms with E-state index in [0.717, 1.165) is 11.4 Å². The average Bonchev–Trinajstić information content (AvgIpc) is 2.30. The minimum Gasteiger partial charge on any atom is -0.382 e. The lowest BCUT2D eigenvalue weighted by molar-refractivity contribution is 0.405. The van der Waals surface area contributed by atoms with E-state index in [1.54, 1.807) is 0 Å². The van der Waals surface area contributed by atoms with Gasteiger partial charge in [0, 0.05) is 0 Å². The van der Waals surface area contributed by atoms with E-state index in [4.69, 9.17) is 4.84 Å². The highest BCUT2D eigenvalue weighted by atomic mass is 16.6. The molecule has 0 spiro atoms. The van der Waals surface area contributed by atoms with Gasteiger partial charge in [0.1, 0.15) is 0 Å². The summed E-state index contributed by atoms with van der Waals surface area (Å²) in [5.41, 5.74) is 5.07. The first-order valence-electron chi connectivity index (χ1n) is 4.89. The Bertz CT molecular complexity index is 408. The molecule has 0 aliphatic carbocycles. The second-order valence-electron chi connectivity index (χ2n) is 3.38. The van der Waals surface area contributed by atoms with Gasteiger partial charge in [-0.3, -0.25) is 0 Å². The normalized spacial score (nSPS) is 9.67. The minimum atomic E-state index is 0.804. The van der Waals surface area contributed by atoms with Crippen molar-refractivity contribution in [3.8, 4) is 5.75 Å². The third-order valence-electron chi connectivity index (χ3n) is 2.08. The lowest BCUT2D eigenvalue weighted by Crippen LogP contribution is -2.03. The molecule has 0 heterocycles. The van der Waals surface area contributed by atoms with Gasteiger partial charge in [0.05, 0.1) is 5.69 Å². The molecule has 2 heteroatoms. The molecule has 0 amide bonds. The number of para-hydroxylation sites is 1. The first kappa shape index (κ1) is 9.59. The monoisotopic (exact) mass is 199 g/mol. The van der Waals surface area contributed by atoms with E-state index >= 15 is 0 Å². The summed E-state index contributed by atoms with van der Waals surface area (Å²) in [7, 11) is 0. The fraction of sp³-hybridized carbons (Fsp3) is 0.0769. The zero-order valence-electron chi connectivity index (χ0n) is 8.60. The highest BCUT2D eigenvalue weighted by Crippen LogP contribution is 2.12. The van der Waals surface area contributed by atoms with Crippen LogP contribution in [0.2, 0.25) is 0 Å². The maximum Gasteiger partial charge on any atom is 0.155 e. The lowest BCUT2D eigenvalue weighted by Gasteiger charge is -2.07. The highest BCUT2D eigenvalue weighted by Gasteiger charge is 1.92. The van der Waals surface area contributed by atoms with Crippen molar-refractivity contribution >= 4 is 5.69 Å². The van der Waals surface area contributed by atoms with E-state index in [0.29, 0.717) is 0 Å². The van der Waals surface area contributed by atoms with E-state index in [2.05, 4.69) is 12.4 Å². The molecule has 2 aromatic rings. The summed E-state index contributed by atoms with van der Waals surface area (Å²) in [4.78, 5) is 5.38. The highest BCUT2D eigenvalue weighted by molar-refractivity contribution is 5.43. The molecule has 2 rings (SSSR count). The third kappa shape index (κ3) is 2.74. The van der Waals surface area contributed by atoms with Crippen molar-refractivity contribution < 1.29 is 4.84 Å². The van der Waals surface area contributed by atoms with Crippen molar-refractivity contribution in [2.24, 2.45) is 0 Å². The Morgan fingerprint density at radius 2 is 1.53 bits per heavy atom. The third-order valence-corrected chi connectivity index (χ3v) is 2.08. The van der Waals surface area contributed by atoms with Gasteiger partial charge in [-0.15, -0.1) is 0 Å². The molecule has 1 N–H and O–H groups in total. The molecule has 15 heavy (non-hydrogen) atoms. The summed E-state index contributed by atoms with van der Waals surface area (Å²) < 4.78 is 0. The largest absolute Gasteiger partial charge is 0.382 e. The topological polar surface area (TPSA) is 21.3 Å². The van der Waals surface area contributed by atoms with Crippen LogP contribution in [0.3, 0.4) is 0 Å². The van der Waals surface area contributed by atoms with Crippen LogP contribution in [0.15, 0.2) is 54.6 Å². The number of rotatable bonds is 3. The number of hydrogen-bond acceptors (Lipinski definition) is 2. The van der Waals surface area contributed by atoms with Crippen molar-refractivity contribution in [3.63, 3.8) is 0 Å². The quantitative estimate of drug-likeness (QED) is 0.765. The van der Waals surface area contributed by atoms with Gasteiger partial charge in [-0.25, -0.2) is 5.48 Å². The average molecular weight is 199 g/mol. The molecule has 0 atom stereocenters. The summed E-state index contributed by atoms with van der Waals surface area (Å²) in [5, 5.41) is 0. The summed E-state index contributed by atoms with van der Waals surface area (Å²) in [6.45, 7) is 2.06. The van der Waals surface area contributed by atoms with Gasteiger partial charge in [0.2, 0.25) is 0 Å². The van der Waals surface area contributed by atoms with Gasteiger partial charge >= 0.3 is 0 Å². The predicted octanol–water partition coefficient (Wildman–Crippen LogP) is 3.40. The van der Waals surface area contributed by atoms with Crippen LogP contribution in [0, 0.1) is 6.92 Å². The predicted molar refractivity (Wildman–Crippen MR) is 61.9 cm³/mol.